The molecule has 3 nitrogen and oxygen atoms in total. The Morgan fingerprint density at radius 2 is 1.80 bits per heavy atom. The van der Waals surface area contributed by atoms with Crippen molar-refractivity contribution in [3.8, 4) is 0 Å². The SMILES string of the molecule is OB(O)c1ccccc1CSc1nc2ccccc2s1. The summed E-state index contributed by atoms with van der Waals surface area (Å²) in [7, 11) is -1.43. The lowest BCUT2D eigenvalue weighted by atomic mass is 9.77. The predicted octanol–water partition coefficient (Wildman–Crippen LogP) is 2.27. The second-order valence-electron chi connectivity index (χ2n) is 4.31. The van der Waals surface area contributed by atoms with Gasteiger partial charge < -0.3 is 10.0 Å². The average molecular weight is 301 g/mol. The summed E-state index contributed by atoms with van der Waals surface area (Å²) in [6, 6.07) is 15.4. The summed E-state index contributed by atoms with van der Waals surface area (Å²) >= 11 is 3.27. The van der Waals surface area contributed by atoms with Gasteiger partial charge in [-0.25, -0.2) is 4.98 Å². The summed E-state index contributed by atoms with van der Waals surface area (Å²) in [6.07, 6.45) is 0. The second-order valence-corrected chi connectivity index (χ2v) is 6.56. The minimum atomic E-state index is -1.43. The smallest absolute Gasteiger partial charge is 0.423 e. The number of thioether (sulfide) groups is 1. The molecule has 0 spiro atoms. The summed E-state index contributed by atoms with van der Waals surface area (Å²) in [5.41, 5.74) is 2.49. The van der Waals surface area contributed by atoms with Crippen LogP contribution >= 0.6 is 23.1 Å². The highest BCUT2D eigenvalue weighted by atomic mass is 32.2. The van der Waals surface area contributed by atoms with E-state index in [1.165, 1.54) is 4.70 Å². The number of hydrogen-bond acceptors (Lipinski definition) is 5. The molecule has 6 heteroatoms. The van der Waals surface area contributed by atoms with Crippen LogP contribution in [0.3, 0.4) is 0 Å². The maximum Gasteiger partial charge on any atom is 0.488 e. The first-order valence-corrected chi connectivity index (χ1v) is 7.96. The van der Waals surface area contributed by atoms with Gasteiger partial charge in [0.25, 0.3) is 0 Å². The number of nitrogens with zero attached hydrogens (tertiary/aromatic N) is 1. The first-order chi connectivity index (χ1) is 9.74. The quantitative estimate of drug-likeness (QED) is 0.573. The molecule has 3 rings (SSSR count). The molecule has 1 aromatic heterocycles. The third kappa shape index (κ3) is 2.88. The van der Waals surface area contributed by atoms with Gasteiger partial charge in [0.15, 0.2) is 4.34 Å². The highest BCUT2D eigenvalue weighted by Gasteiger charge is 2.15. The van der Waals surface area contributed by atoms with E-state index in [4.69, 9.17) is 0 Å². The largest absolute Gasteiger partial charge is 0.488 e. The van der Waals surface area contributed by atoms with Gasteiger partial charge in [-0.05, 0) is 23.2 Å². The van der Waals surface area contributed by atoms with Crippen molar-refractivity contribution >= 4 is 45.9 Å². The molecule has 0 aliphatic rings. The average Bonchev–Trinajstić information content (AvgIpc) is 2.88. The van der Waals surface area contributed by atoms with E-state index >= 15 is 0 Å². The maximum absolute atomic E-state index is 9.35. The van der Waals surface area contributed by atoms with Crippen molar-refractivity contribution in [3.05, 3.63) is 54.1 Å². The molecule has 1 heterocycles. The molecule has 0 aliphatic carbocycles. The van der Waals surface area contributed by atoms with E-state index < -0.39 is 7.12 Å². The summed E-state index contributed by atoms with van der Waals surface area (Å²) in [5.74, 6) is 0.674. The Kier molecular flexibility index (Phi) is 4.07. The summed E-state index contributed by atoms with van der Waals surface area (Å²) in [5, 5.41) is 18.7. The van der Waals surface area contributed by atoms with Crippen molar-refractivity contribution in [2.45, 2.75) is 10.1 Å². The van der Waals surface area contributed by atoms with Crippen LogP contribution in [0.5, 0.6) is 0 Å². The van der Waals surface area contributed by atoms with E-state index in [2.05, 4.69) is 11.1 Å². The van der Waals surface area contributed by atoms with Gasteiger partial charge >= 0.3 is 7.12 Å². The highest BCUT2D eigenvalue weighted by Crippen LogP contribution is 2.30. The topological polar surface area (TPSA) is 53.4 Å². The first kappa shape index (κ1) is 13.6. The lowest BCUT2D eigenvalue weighted by molar-refractivity contribution is 0.425. The van der Waals surface area contributed by atoms with Crippen molar-refractivity contribution in [2.75, 3.05) is 0 Å². The van der Waals surface area contributed by atoms with Crippen LogP contribution in [0.2, 0.25) is 0 Å². The Balaban J connectivity index is 1.79. The Bertz CT molecular complexity index is 697. The first-order valence-electron chi connectivity index (χ1n) is 6.16. The van der Waals surface area contributed by atoms with E-state index in [-0.39, 0.29) is 0 Å². The normalized spacial score (nSPS) is 10.9. The molecule has 0 radical (unpaired) electrons. The summed E-state index contributed by atoms with van der Waals surface area (Å²) < 4.78 is 2.17. The van der Waals surface area contributed by atoms with Crippen molar-refractivity contribution < 1.29 is 10.0 Å². The predicted molar refractivity (Wildman–Crippen MR) is 85.4 cm³/mol. The van der Waals surface area contributed by atoms with Crippen LogP contribution in [0.25, 0.3) is 10.2 Å². The third-order valence-electron chi connectivity index (χ3n) is 2.96. The zero-order valence-corrected chi connectivity index (χ0v) is 12.2. The molecule has 0 saturated heterocycles. The molecular weight excluding hydrogens is 289 g/mol. The van der Waals surface area contributed by atoms with Crippen molar-refractivity contribution in [3.63, 3.8) is 0 Å². The molecule has 0 bridgehead atoms. The number of aromatic nitrogens is 1. The van der Waals surface area contributed by atoms with Gasteiger partial charge in [0.05, 0.1) is 10.2 Å². The molecule has 0 atom stereocenters. The summed E-state index contributed by atoms with van der Waals surface area (Å²) in [4.78, 5) is 4.56. The van der Waals surface area contributed by atoms with Crippen LogP contribution in [0.15, 0.2) is 52.9 Å². The number of benzene rings is 2. The van der Waals surface area contributed by atoms with E-state index in [1.54, 1.807) is 35.2 Å². The molecule has 0 unspecified atom stereocenters. The van der Waals surface area contributed by atoms with Gasteiger partial charge in [0, 0.05) is 5.75 Å². The zero-order chi connectivity index (χ0) is 13.9. The fourth-order valence-corrected chi connectivity index (χ4v) is 4.05. The highest BCUT2D eigenvalue weighted by molar-refractivity contribution is 8.00. The standard InChI is InChI=1S/C14H12BNO2S2/c17-15(18)11-6-2-1-5-10(11)9-19-14-16-12-7-3-4-8-13(12)20-14/h1-8,17-18H,9H2. The minimum Gasteiger partial charge on any atom is -0.423 e. The van der Waals surface area contributed by atoms with Crippen LogP contribution in [0.4, 0.5) is 0 Å². The zero-order valence-electron chi connectivity index (χ0n) is 10.6. The third-order valence-corrected chi connectivity index (χ3v) is 5.19. The minimum absolute atomic E-state index is 0.557. The molecule has 0 aliphatic heterocycles. The molecule has 100 valence electrons. The van der Waals surface area contributed by atoms with Gasteiger partial charge in [-0.1, -0.05) is 48.2 Å². The maximum atomic E-state index is 9.35. The van der Waals surface area contributed by atoms with Crippen LogP contribution in [0.1, 0.15) is 5.56 Å². The molecule has 3 aromatic rings. The van der Waals surface area contributed by atoms with Crippen molar-refractivity contribution in [2.24, 2.45) is 0 Å². The Hall–Kier alpha value is -1.34. The molecule has 0 fully saturated rings. The number of hydrogen-bond donors (Lipinski definition) is 2. The van der Waals surface area contributed by atoms with Crippen LogP contribution < -0.4 is 5.46 Å². The van der Waals surface area contributed by atoms with Gasteiger partial charge in [-0.3, -0.25) is 0 Å². The molecule has 2 N–H and O–H groups in total. The van der Waals surface area contributed by atoms with Crippen LogP contribution in [0, 0.1) is 0 Å². The molecule has 20 heavy (non-hydrogen) atoms. The van der Waals surface area contributed by atoms with Gasteiger partial charge in [0.1, 0.15) is 0 Å². The van der Waals surface area contributed by atoms with Gasteiger partial charge in [-0.15, -0.1) is 11.3 Å². The van der Waals surface area contributed by atoms with E-state index in [0.717, 1.165) is 15.4 Å². The second kappa shape index (κ2) is 5.97. The molecular formula is C14H12BNO2S2. The van der Waals surface area contributed by atoms with Crippen molar-refractivity contribution in [1.82, 2.24) is 4.98 Å². The molecule has 2 aromatic carbocycles. The number of rotatable bonds is 4. The van der Waals surface area contributed by atoms with E-state index in [9.17, 15) is 10.0 Å². The van der Waals surface area contributed by atoms with E-state index in [1.807, 2.05) is 30.3 Å². The number of thiazole rings is 1. The van der Waals surface area contributed by atoms with Crippen molar-refractivity contribution in [1.29, 1.82) is 0 Å². The Morgan fingerprint density at radius 1 is 1.05 bits per heavy atom. The number of fused-ring (bicyclic) bond motifs is 1. The van der Waals surface area contributed by atoms with E-state index in [0.29, 0.717) is 11.2 Å². The Morgan fingerprint density at radius 3 is 2.60 bits per heavy atom. The molecule has 0 amide bonds. The van der Waals surface area contributed by atoms with Crippen LogP contribution in [-0.2, 0) is 5.75 Å². The number of para-hydroxylation sites is 1. The summed E-state index contributed by atoms with van der Waals surface area (Å²) in [6.45, 7) is 0. The van der Waals surface area contributed by atoms with Crippen LogP contribution in [-0.4, -0.2) is 22.2 Å². The Labute approximate surface area is 125 Å². The monoisotopic (exact) mass is 301 g/mol. The van der Waals surface area contributed by atoms with Gasteiger partial charge in [0.2, 0.25) is 0 Å². The molecule has 0 saturated carbocycles. The van der Waals surface area contributed by atoms with Gasteiger partial charge in [-0.2, -0.15) is 0 Å². The lowest BCUT2D eigenvalue weighted by Gasteiger charge is -2.06. The fourth-order valence-electron chi connectivity index (χ4n) is 1.97. The lowest BCUT2D eigenvalue weighted by Crippen LogP contribution is -2.32. The fraction of sp³-hybridized carbons (Fsp3) is 0.0714.